The lowest BCUT2D eigenvalue weighted by atomic mass is 9.80. The minimum atomic E-state index is -2.74. The molecular formula is C27H34FN3O8. The molecule has 0 radical (unpaired) electrons. The Morgan fingerprint density at radius 3 is 1.95 bits per heavy atom. The van der Waals surface area contributed by atoms with Gasteiger partial charge in [-0.1, -0.05) is 19.1 Å². The van der Waals surface area contributed by atoms with Gasteiger partial charge < -0.3 is 25.5 Å². The molecule has 11 nitrogen and oxygen atoms in total. The number of aliphatic hydroxyl groups is 2. The van der Waals surface area contributed by atoms with Crippen molar-refractivity contribution < 1.29 is 44.3 Å². The summed E-state index contributed by atoms with van der Waals surface area (Å²) in [5.41, 5.74) is -1.62. The van der Waals surface area contributed by atoms with Crippen LogP contribution < -0.4 is 0 Å². The highest BCUT2D eigenvalue weighted by atomic mass is 19.1. The zero-order valence-electron chi connectivity index (χ0n) is 21.7. The molecule has 0 aliphatic carbocycles. The van der Waals surface area contributed by atoms with E-state index in [2.05, 4.69) is 21.8 Å². The fraction of sp³-hybridized carbons (Fsp3) is 0.519. The second kappa shape index (κ2) is 12.6. The lowest BCUT2D eigenvalue weighted by Gasteiger charge is -2.44. The largest absolute Gasteiger partial charge is 0.481 e. The zero-order chi connectivity index (χ0) is 28.8. The number of rotatable bonds is 10. The highest BCUT2D eigenvalue weighted by molar-refractivity contribution is 5.88. The molecule has 2 aliphatic rings. The van der Waals surface area contributed by atoms with E-state index in [1.54, 1.807) is 12.1 Å². The molecular weight excluding hydrogens is 513 g/mol. The van der Waals surface area contributed by atoms with Crippen molar-refractivity contribution in [2.24, 2.45) is 0 Å². The zero-order valence-corrected chi connectivity index (χ0v) is 21.7. The number of carboxylic acids is 3. The molecule has 2 bridgehead atoms. The lowest BCUT2D eigenvalue weighted by molar-refractivity contribution is -0.170. The van der Waals surface area contributed by atoms with Crippen molar-refractivity contribution in [3.63, 3.8) is 0 Å². The molecule has 0 saturated carbocycles. The summed E-state index contributed by atoms with van der Waals surface area (Å²) in [5, 5.41) is 45.0. The summed E-state index contributed by atoms with van der Waals surface area (Å²) in [6.07, 6.45) is 7.16. The van der Waals surface area contributed by atoms with E-state index < -0.39 is 42.0 Å². The Balaban J connectivity index is 0.000000276. The van der Waals surface area contributed by atoms with Gasteiger partial charge in [0.2, 0.25) is 0 Å². The summed E-state index contributed by atoms with van der Waals surface area (Å²) >= 11 is 0. The van der Waals surface area contributed by atoms with Crippen LogP contribution in [0.1, 0.15) is 68.8 Å². The minimum absolute atomic E-state index is 0.260. The number of carboxylic acid groups (broad SMARTS) is 3. The van der Waals surface area contributed by atoms with Gasteiger partial charge in [-0.05, 0) is 49.8 Å². The molecule has 4 rings (SSSR count). The number of aryl methyl sites for hydroxylation is 1. The fourth-order valence-electron chi connectivity index (χ4n) is 5.31. The first-order chi connectivity index (χ1) is 18.3. The Kier molecular flexibility index (Phi) is 9.70. The third kappa shape index (κ3) is 7.78. The van der Waals surface area contributed by atoms with Crippen LogP contribution in [0, 0.1) is 5.82 Å². The van der Waals surface area contributed by atoms with Gasteiger partial charge in [-0.2, -0.15) is 0 Å². The number of fused-ring (bicyclic) bond motifs is 2. The van der Waals surface area contributed by atoms with E-state index in [0.717, 1.165) is 49.2 Å². The van der Waals surface area contributed by atoms with Crippen LogP contribution in [0.15, 0.2) is 36.7 Å². The number of halogens is 1. The predicted octanol–water partition coefficient (Wildman–Crippen LogP) is 2.33. The van der Waals surface area contributed by atoms with Gasteiger partial charge >= 0.3 is 17.9 Å². The second-order valence-corrected chi connectivity index (χ2v) is 10.2. The van der Waals surface area contributed by atoms with Crippen molar-refractivity contribution in [3.05, 3.63) is 59.4 Å². The molecule has 0 spiro atoms. The van der Waals surface area contributed by atoms with Gasteiger partial charge in [-0.25, -0.2) is 19.2 Å². The van der Waals surface area contributed by atoms with Crippen LogP contribution in [0.25, 0.3) is 0 Å². The van der Waals surface area contributed by atoms with Crippen LogP contribution >= 0.6 is 0 Å². The normalized spacial score (nSPS) is 22.6. The molecule has 1 aromatic carbocycles. The average molecular weight is 548 g/mol. The third-order valence-corrected chi connectivity index (χ3v) is 7.18. The Morgan fingerprint density at radius 2 is 1.51 bits per heavy atom. The van der Waals surface area contributed by atoms with Crippen LogP contribution in [0.2, 0.25) is 0 Å². The maximum Gasteiger partial charge on any atom is 0.336 e. The van der Waals surface area contributed by atoms with Crippen molar-refractivity contribution in [1.29, 1.82) is 0 Å². The summed E-state index contributed by atoms with van der Waals surface area (Å²) in [7, 11) is 0. The number of benzene rings is 1. The number of piperidine rings is 1. The molecule has 12 heteroatoms. The summed E-state index contributed by atoms with van der Waals surface area (Å²) in [6, 6.07) is 7.03. The Bertz CT molecular complexity index is 1130. The highest BCUT2D eigenvalue weighted by Crippen LogP contribution is 2.46. The monoisotopic (exact) mass is 547 g/mol. The summed E-state index contributed by atoms with van der Waals surface area (Å²) in [6.45, 7) is 2.96. The molecule has 2 unspecified atom stereocenters. The highest BCUT2D eigenvalue weighted by Gasteiger charge is 2.48. The van der Waals surface area contributed by atoms with E-state index in [4.69, 9.17) is 20.4 Å². The van der Waals surface area contributed by atoms with Crippen molar-refractivity contribution in [2.75, 3.05) is 0 Å². The van der Waals surface area contributed by atoms with E-state index in [1.165, 1.54) is 12.1 Å². The average Bonchev–Trinajstić information content (AvgIpc) is 3.09. The molecule has 212 valence electrons. The summed E-state index contributed by atoms with van der Waals surface area (Å²) in [5.74, 6) is -4.37. The van der Waals surface area contributed by atoms with Crippen molar-refractivity contribution in [2.45, 2.75) is 88.1 Å². The maximum atomic E-state index is 13.2. The van der Waals surface area contributed by atoms with Crippen LogP contribution in [0.3, 0.4) is 0 Å². The molecule has 2 atom stereocenters. The van der Waals surface area contributed by atoms with Crippen LogP contribution in [-0.4, -0.2) is 76.0 Å². The first-order valence-corrected chi connectivity index (χ1v) is 12.8. The Hall–Kier alpha value is -3.48. The smallest absolute Gasteiger partial charge is 0.336 e. The van der Waals surface area contributed by atoms with Gasteiger partial charge in [0.1, 0.15) is 11.6 Å². The number of nitrogens with zero attached hydrogens (tertiary/aromatic N) is 3. The molecule has 2 saturated heterocycles. The topological polar surface area (TPSA) is 181 Å². The molecule has 39 heavy (non-hydrogen) atoms. The quantitative estimate of drug-likeness (QED) is 0.294. The molecule has 2 aliphatic heterocycles. The van der Waals surface area contributed by atoms with Gasteiger partial charge in [0.25, 0.3) is 0 Å². The molecule has 3 heterocycles. The first kappa shape index (κ1) is 30.1. The predicted molar refractivity (Wildman–Crippen MR) is 135 cm³/mol. The number of carbonyl (C=O) groups is 3. The van der Waals surface area contributed by atoms with Crippen LogP contribution in [0.4, 0.5) is 4.39 Å². The summed E-state index contributed by atoms with van der Waals surface area (Å²) in [4.78, 5) is 41.9. The number of aliphatic carboxylic acids is 3. The number of hydrogen-bond donors (Lipinski definition) is 5. The van der Waals surface area contributed by atoms with E-state index in [-0.39, 0.29) is 5.82 Å². The van der Waals surface area contributed by atoms with Crippen molar-refractivity contribution >= 4 is 17.9 Å². The van der Waals surface area contributed by atoms with E-state index in [1.807, 2.05) is 12.4 Å². The molecule has 2 aromatic rings. The fourth-order valence-corrected chi connectivity index (χ4v) is 5.31. The van der Waals surface area contributed by atoms with Gasteiger partial charge in [0.15, 0.2) is 5.60 Å². The van der Waals surface area contributed by atoms with E-state index in [9.17, 15) is 23.9 Å². The van der Waals surface area contributed by atoms with Gasteiger partial charge in [-0.3, -0.25) is 14.5 Å². The van der Waals surface area contributed by atoms with Crippen LogP contribution in [0.5, 0.6) is 0 Å². The van der Waals surface area contributed by atoms with Crippen molar-refractivity contribution in [1.82, 2.24) is 14.9 Å². The van der Waals surface area contributed by atoms with E-state index in [0.29, 0.717) is 24.9 Å². The first-order valence-electron chi connectivity index (χ1n) is 12.8. The van der Waals surface area contributed by atoms with Gasteiger partial charge in [-0.15, -0.1) is 0 Å². The maximum absolute atomic E-state index is 13.2. The molecule has 1 aromatic heterocycles. The SMILES string of the molecule is CCCc1ncc(CN2C3CCC2CC(O)(c2ccc(F)cc2)C3)cn1.O=C(O)CC(O)(CC(=O)O)C(=O)O. The Labute approximate surface area is 225 Å². The Morgan fingerprint density at radius 1 is 1.00 bits per heavy atom. The molecule has 2 fully saturated rings. The molecule has 0 amide bonds. The second-order valence-electron chi connectivity index (χ2n) is 10.2. The third-order valence-electron chi connectivity index (χ3n) is 7.18. The number of hydrogen-bond acceptors (Lipinski definition) is 8. The van der Waals surface area contributed by atoms with Crippen LogP contribution in [-0.2, 0) is 33.0 Å². The molecule has 5 N–H and O–H groups in total. The van der Waals surface area contributed by atoms with E-state index >= 15 is 0 Å². The van der Waals surface area contributed by atoms with Crippen molar-refractivity contribution in [3.8, 4) is 0 Å². The minimum Gasteiger partial charge on any atom is -0.481 e. The lowest BCUT2D eigenvalue weighted by Crippen LogP contribution is -2.49. The number of aromatic nitrogens is 2. The standard InChI is InChI=1S/C21H26FN3O.C6H8O7/c1-2-3-20-23-12-15(13-24-20)14-25-18-8-9-19(25)11-21(26,10-18)16-4-6-17(22)7-5-16;7-3(8)1-6(13,5(11)12)2-4(9)10/h4-7,12-13,18-19,26H,2-3,8-11,14H2,1H3;13H,1-2H2,(H,7,8)(H,9,10)(H,11,12). The summed E-state index contributed by atoms with van der Waals surface area (Å²) < 4.78 is 13.2. The van der Waals surface area contributed by atoms with Gasteiger partial charge in [0.05, 0.1) is 18.4 Å². The van der Waals surface area contributed by atoms with Gasteiger partial charge in [0, 0.05) is 43.0 Å².